The molecule has 2 N–H and O–H groups in total. The maximum Gasteiger partial charge on any atom is 0.254 e. The second-order valence-electron chi connectivity index (χ2n) is 3.31. The molecule has 1 amide bonds. The van der Waals surface area contributed by atoms with Crippen molar-refractivity contribution in [2.45, 2.75) is 6.92 Å². The van der Waals surface area contributed by atoms with E-state index in [9.17, 15) is 9.18 Å². The molecule has 2 rings (SSSR count). The zero-order valence-corrected chi connectivity index (χ0v) is 8.53. The summed E-state index contributed by atoms with van der Waals surface area (Å²) in [6.45, 7) is 1.55. The summed E-state index contributed by atoms with van der Waals surface area (Å²) in [7, 11) is 0. The Bertz CT molecular complexity index is 549. The SMILES string of the molecule is Cc1onc(-c2ccccc2F)c1C(N)=O. The summed E-state index contributed by atoms with van der Waals surface area (Å²) in [6.07, 6.45) is 0. The monoisotopic (exact) mass is 220 g/mol. The van der Waals surface area contributed by atoms with Crippen LogP contribution in [-0.4, -0.2) is 11.1 Å². The molecule has 0 fully saturated rings. The molecule has 0 aliphatic heterocycles. The van der Waals surface area contributed by atoms with Crippen molar-refractivity contribution in [2.75, 3.05) is 0 Å². The molecular formula is C11H9FN2O2. The second kappa shape index (κ2) is 3.77. The average molecular weight is 220 g/mol. The molecule has 0 radical (unpaired) electrons. The summed E-state index contributed by atoms with van der Waals surface area (Å²) in [5.41, 5.74) is 5.65. The summed E-state index contributed by atoms with van der Waals surface area (Å²) in [5, 5.41) is 3.65. The lowest BCUT2D eigenvalue weighted by Gasteiger charge is -1.99. The Morgan fingerprint density at radius 3 is 2.75 bits per heavy atom. The van der Waals surface area contributed by atoms with Gasteiger partial charge < -0.3 is 10.3 Å². The third kappa shape index (κ3) is 1.56. The molecule has 1 heterocycles. The highest BCUT2D eigenvalue weighted by atomic mass is 19.1. The fourth-order valence-corrected chi connectivity index (χ4v) is 1.50. The maximum absolute atomic E-state index is 13.5. The zero-order chi connectivity index (χ0) is 11.7. The van der Waals surface area contributed by atoms with E-state index in [0.717, 1.165) is 0 Å². The molecule has 0 spiro atoms. The van der Waals surface area contributed by atoms with Gasteiger partial charge in [-0.15, -0.1) is 0 Å². The van der Waals surface area contributed by atoms with Crippen molar-refractivity contribution in [3.63, 3.8) is 0 Å². The first kappa shape index (κ1) is 10.4. The number of amides is 1. The number of nitrogens with two attached hydrogens (primary N) is 1. The lowest BCUT2D eigenvalue weighted by molar-refractivity contribution is 0.0999. The van der Waals surface area contributed by atoms with E-state index < -0.39 is 11.7 Å². The van der Waals surface area contributed by atoms with E-state index in [-0.39, 0.29) is 22.6 Å². The van der Waals surface area contributed by atoms with Crippen molar-refractivity contribution in [3.8, 4) is 11.3 Å². The predicted octanol–water partition coefficient (Wildman–Crippen LogP) is 1.89. The van der Waals surface area contributed by atoms with E-state index in [0.29, 0.717) is 0 Å². The molecule has 1 aromatic heterocycles. The Morgan fingerprint density at radius 2 is 2.12 bits per heavy atom. The Kier molecular flexibility index (Phi) is 2.44. The van der Waals surface area contributed by atoms with Crippen molar-refractivity contribution in [1.29, 1.82) is 0 Å². The third-order valence-electron chi connectivity index (χ3n) is 2.24. The Balaban J connectivity index is 2.66. The van der Waals surface area contributed by atoms with Crippen LogP contribution in [0.5, 0.6) is 0 Å². The summed E-state index contributed by atoms with van der Waals surface area (Å²) in [6, 6.07) is 5.99. The summed E-state index contributed by atoms with van der Waals surface area (Å²) >= 11 is 0. The highest BCUT2D eigenvalue weighted by Gasteiger charge is 2.21. The van der Waals surface area contributed by atoms with Crippen LogP contribution in [0.1, 0.15) is 16.1 Å². The van der Waals surface area contributed by atoms with Crippen molar-refractivity contribution >= 4 is 5.91 Å². The minimum absolute atomic E-state index is 0.116. The van der Waals surface area contributed by atoms with Crippen LogP contribution in [0.15, 0.2) is 28.8 Å². The van der Waals surface area contributed by atoms with Crippen molar-refractivity contribution < 1.29 is 13.7 Å². The van der Waals surface area contributed by atoms with E-state index in [1.54, 1.807) is 19.1 Å². The molecule has 0 unspecified atom stereocenters. The topological polar surface area (TPSA) is 69.1 Å². The van der Waals surface area contributed by atoms with Crippen LogP contribution in [-0.2, 0) is 0 Å². The van der Waals surface area contributed by atoms with Crippen LogP contribution in [0.25, 0.3) is 11.3 Å². The first-order valence-electron chi connectivity index (χ1n) is 4.62. The third-order valence-corrected chi connectivity index (χ3v) is 2.24. The van der Waals surface area contributed by atoms with Crippen LogP contribution in [0.2, 0.25) is 0 Å². The number of nitrogens with zero attached hydrogens (tertiary/aromatic N) is 1. The fourth-order valence-electron chi connectivity index (χ4n) is 1.50. The molecule has 82 valence electrons. The standard InChI is InChI=1S/C11H9FN2O2/c1-6-9(11(13)15)10(14-16-6)7-4-2-3-5-8(7)12/h2-5H,1H3,(H2,13,15). The van der Waals surface area contributed by atoms with E-state index in [4.69, 9.17) is 10.3 Å². The largest absolute Gasteiger partial charge is 0.365 e. The first-order chi connectivity index (χ1) is 7.61. The van der Waals surface area contributed by atoms with Gasteiger partial charge in [0.25, 0.3) is 5.91 Å². The van der Waals surface area contributed by atoms with E-state index in [2.05, 4.69) is 5.16 Å². The van der Waals surface area contributed by atoms with Crippen LogP contribution >= 0.6 is 0 Å². The first-order valence-corrected chi connectivity index (χ1v) is 4.62. The highest BCUT2D eigenvalue weighted by molar-refractivity contribution is 5.99. The van der Waals surface area contributed by atoms with E-state index >= 15 is 0 Å². The molecule has 2 aromatic rings. The lowest BCUT2D eigenvalue weighted by Crippen LogP contribution is -2.12. The fraction of sp³-hybridized carbons (Fsp3) is 0.0909. The Hall–Kier alpha value is -2.17. The quantitative estimate of drug-likeness (QED) is 0.840. The van der Waals surface area contributed by atoms with Crippen LogP contribution in [0.3, 0.4) is 0 Å². The average Bonchev–Trinajstić information content (AvgIpc) is 2.61. The maximum atomic E-state index is 13.5. The van der Waals surface area contributed by atoms with Gasteiger partial charge in [-0.25, -0.2) is 4.39 Å². The number of hydrogen-bond donors (Lipinski definition) is 1. The minimum Gasteiger partial charge on any atom is -0.365 e. The van der Waals surface area contributed by atoms with Gasteiger partial charge in [0, 0.05) is 5.56 Å². The van der Waals surface area contributed by atoms with Gasteiger partial charge in [0.2, 0.25) is 0 Å². The molecule has 1 aromatic carbocycles. The molecule has 4 nitrogen and oxygen atoms in total. The van der Waals surface area contributed by atoms with Crippen molar-refractivity contribution in [1.82, 2.24) is 5.16 Å². The smallest absolute Gasteiger partial charge is 0.254 e. The normalized spacial score (nSPS) is 10.4. The number of aryl methyl sites for hydroxylation is 1. The minimum atomic E-state index is -0.683. The molecule has 0 bridgehead atoms. The molecule has 0 saturated carbocycles. The van der Waals surface area contributed by atoms with E-state index in [1.165, 1.54) is 12.1 Å². The van der Waals surface area contributed by atoms with Gasteiger partial charge in [-0.05, 0) is 19.1 Å². The van der Waals surface area contributed by atoms with Gasteiger partial charge in [0.1, 0.15) is 22.8 Å². The van der Waals surface area contributed by atoms with Gasteiger partial charge in [-0.2, -0.15) is 0 Å². The van der Waals surface area contributed by atoms with E-state index in [1.807, 2.05) is 0 Å². The number of carbonyl (C=O) groups excluding carboxylic acids is 1. The van der Waals surface area contributed by atoms with Gasteiger partial charge in [-0.1, -0.05) is 17.3 Å². The Morgan fingerprint density at radius 1 is 1.44 bits per heavy atom. The zero-order valence-electron chi connectivity index (χ0n) is 8.53. The second-order valence-corrected chi connectivity index (χ2v) is 3.31. The summed E-state index contributed by atoms with van der Waals surface area (Å²) < 4.78 is 18.3. The molecule has 0 aliphatic carbocycles. The number of rotatable bonds is 2. The van der Waals surface area contributed by atoms with Crippen LogP contribution in [0, 0.1) is 12.7 Å². The van der Waals surface area contributed by atoms with Crippen LogP contribution < -0.4 is 5.73 Å². The number of carbonyl (C=O) groups is 1. The van der Waals surface area contributed by atoms with Crippen LogP contribution in [0.4, 0.5) is 4.39 Å². The molecular weight excluding hydrogens is 211 g/mol. The number of hydrogen-bond acceptors (Lipinski definition) is 3. The predicted molar refractivity (Wildman–Crippen MR) is 55.2 cm³/mol. The number of primary amides is 1. The van der Waals surface area contributed by atoms with Gasteiger partial charge in [0.05, 0.1) is 0 Å². The molecule has 0 saturated heterocycles. The molecule has 0 aliphatic rings. The van der Waals surface area contributed by atoms with Gasteiger partial charge in [0.15, 0.2) is 0 Å². The molecule has 5 heteroatoms. The highest BCUT2D eigenvalue weighted by Crippen LogP contribution is 2.26. The summed E-state index contributed by atoms with van der Waals surface area (Å²) in [5.74, 6) is -0.874. The lowest BCUT2D eigenvalue weighted by atomic mass is 10.1. The molecule has 0 atom stereocenters. The van der Waals surface area contributed by atoms with Gasteiger partial charge in [-0.3, -0.25) is 4.79 Å². The number of benzene rings is 1. The summed E-state index contributed by atoms with van der Waals surface area (Å²) in [4.78, 5) is 11.2. The Labute approximate surface area is 90.9 Å². The number of halogens is 1. The number of aromatic nitrogens is 1. The van der Waals surface area contributed by atoms with Crippen molar-refractivity contribution in [2.24, 2.45) is 5.73 Å². The van der Waals surface area contributed by atoms with Gasteiger partial charge >= 0.3 is 0 Å². The van der Waals surface area contributed by atoms with Crippen molar-refractivity contribution in [3.05, 3.63) is 41.4 Å². The molecule has 16 heavy (non-hydrogen) atoms.